The number of aromatic nitrogens is 2. The highest BCUT2D eigenvalue weighted by atomic mass is 127. The molecular weight excluding hydrogens is 526 g/mol. The van der Waals surface area contributed by atoms with Crippen LogP contribution in [-0.2, 0) is 0 Å². The number of rotatable bonds is 5. The Bertz CT molecular complexity index is 907. The van der Waals surface area contributed by atoms with Gasteiger partial charge in [0.25, 0.3) is 0 Å². The molecule has 3 fully saturated rings. The number of benzene rings is 1. The second kappa shape index (κ2) is 6.95. The highest BCUT2D eigenvalue weighted by molar-refractivity contribution is 14.1. The van der Waals surface area contributed by atoms with E-state index < -0.39 is 0 Å². The fourth-order valence-corrected chi connectivity index (χ4v) is 4.98. The van der Waals surface area contributed by atoms with Crippen molar-refractivity contribution in [2.45, 2.75) is 48.1 Å². The SMILES string of the molecule is C[C@H](I)COc1nc(N2CC3C[C@H]2CN3)c2cc(C3CC3)c(Br)c(F)c2n1. The molecule has 8 heteroatoms. The molecule has 5 rings (SSSR count). The molecule has 5 nitrogen and oxygen atoms in total. The lowest BCUT2D eigenvalue weighted by Crippen LogP contribution is -2.44. The van der Waals surface area contributed by atoms with Gasteiger partial charge in [-0.3, -0.25) is 0 Å². The molecule has 0 amide bonds. The lowest BCUT2D eigenvalue weighted by atomic mass is 10.1. The zero-order valence-corrected chi connectivity index (χ0v) is 18.8. The molecule has 2 bridgehead atoms. The van der Waals surface area contributed by atoms with Gasteiger partial charge in [0, 0.05) is 34.5 Å². The maximum Gasteiger partial charge on any atom is 0.319 e. The topological polar surface area (TPSA) is 50.3 Å². The Hall–Kier alpha value is -0.740. The highest BCUT2D eigenvalue weighted by Crippen LogP contribution is 2.47. The number of halogens is 3. The van der Waals surface area contributed by atoms with Gasteiger partial charge in [-0.25, -0.2) is 4.39 Å². The van der Waals surface area contributed by atoms with Crippen molar-refractivity contribution in [1.29, 1.82) is 0 Å². The van der Waals surface area contributed by atoms with Gasteiger partial charge in [-0.2, -0.15) is 9.97 Å². The summed E-state index contributed by atoms with van der Waals surface area (Å²) in [5.41, 5.74) is 1.39. The van der Waals surface area contributed by atoms with Crippen molar-refractivity contribution < 1.29 is 9.13 Å². The van der Waals surface area contributed by atoms with E-state index in [1.54, 1.807) is 0 Å². The maximum absolute atomic E-state index is 15.3. The van der Waals surface area contributed by atoms with Gasteiger partial charge in [0.1, 0.15) is 17.9 Å². The fraction of sp³-hybridized carbons (Fsp3) is 0.579. The van der Waals surface area contributed by atoms with E-state index in [1.807, 2.05) is 0 Å². The Morgan fingerprint density at radius 3 is 2.89 bits per heavy atom. The molecule has 0 spiro atoms. The summed E-state index contributed by atoms with van der Waals surface area (Å²) < 4.78 is 21.9. The van der Waals surface area contributed by atoms with Crippen LogP contribution in [0.4, 0.5) is 10.2 Å². The van der Waals surface area contributed by atoms with Crippen LogP contribution in [0.2, 0.25) is 0 Å². The standard InChI is InChI=1S/C19H21BrFIN4O/c1-9(22)8-27-19-24-17-14(5-13(10-2-3-10)15(20)16(17)21)18(25-19)26-7-11-4-12(26)6-23-11/h5,9-12,23H,2-4,6-8H2,1H3/t9-,11?,12-/m0/s1. The predicted octanol–water partition coefficient (Wildman–Crippen LogP) is 4.16. The van der Waals surface area contributed by atoms with Gasteiger partial charge in [0.05, 0.1) is 4.47 Å². The van der Waals surface area contributed by atoms with Gasteiger partial charge in [-0.1, -0.05) is 29.5 Å². The van der Waals surface area contributed by atoms with Crippen LogP contribution in [0.25, 0.3) is 10.9 Å². The highest BCUT2D eigenvalue weighted by Gasteiger charge is 2.40. The van der Waals surface area contributed by atoms with Crippen molar-refractivity contribution >= 4 is 55.2 Å². The molecule has 2 saturated heterocycles. The quantitative estimate of drug-likeness (QED) is 0.451. The molecule has 3 atom stereocenters. The number of hydrogen-bond donors (Lipinski definition) is 1. The minimum Gasteiger partial charge on any atom is -0.462 e. The van der Waals surface area contributed by atoms with E-state index in [1.165, 1.54) is 0 Å². The molecule has 3 aliphatic rings. The van der Waals surface area contributed by atoms with Crippen molar-refractivity contribution in [2.75, 3.05) is 24.6 Å². The first-order valence-electron chi connectivity index (χ1n) is 9.47. The van der Waals surface area contributed by atoms with Crippen LogP contribution in [0.5, 0.6) is 6.01 Å². The zero-order valence-electron chi connectivity index (χ0n) is 15.0. The molecule has 2 aromatic rings. The number of piperazine rings is 1. The predicted molar refractivity (Wildman–Crippen MR) is 116 cm³/mol. The summed E-state index contributed by atoms with van der Waals surface area (Å²) >= 11 is 5.77. The molecule has 3 heterocycles. The normalized spacial score (nSPS) is 25.4. The third kappa shape index (κ3) is 3.31. The molecule has 27 heavy (non-hydrogen) atoms. The number of hydrogen-bond acceptors (Lipinski definition) is 5. The van der Waals surface area contributed by atoms with Gasteiger partial charge in [0.15, 0.2) is 5.82 Å². The first kappa shape index (κ1) is 18.3. The summed E-state index contributed by atoms with van der Waals surface area (Å²) in [7, 11) is 0. The van der Waals surface area contributed by atoms with Crippen molar-refractivity contribution in [3.63, 3.8) is 0 Å². The Morgan fingerprint density at radius 2 is 2.26 bits per heavy atom. The number of nitrogens with zero attached hydrogens (tertiary/aromatic N) is 3. The van der Waals surface area contributed by atoms with E-state index in [2.05, 4.69) is 66.7 Å². The van der Waals surface area contributed by atoms with Gasteiger partial charge in [0.2, 0.25) is 0 Å². The van der Waals surface area contributed by atoms with Crippen molar-refractivity contribution in [3.05, 3.63) is 21.9 Å². The maximum atomic E-state index is 15.3. The smallest absolute Gasteiger partial charge is 0.319 e. The number of ether oxygens (including phenoxy) is 1. The summed E-state index contributed by atoms with van der Waals surface area (Å²) in [5.74, 6) is 0.963. The van der Waals surface area contributed by atoms with Crippen LogP contribution in [0.3, 0.4) is 0 Å². The molecule has 1 saturated carbocycles. The lowest BCUT2D eigenvalue weighted by molar-refractivity contribution is 0.301. The molecule has 1 aromatic heterocycles. The van der Waals surface area contributed by atoms with Crippen molar-refractivity contribution in [2.24, 2.45) is 0 Å². The number of nitrogens with one attached hydrogen (secondary N) is 1. The third-order valence-corrected chi connectivity index (χ3v) is 6.81. The summed E-state index contributed by atoms with van der Waals surface area (Å²) in [6.45, 7) is 4.41. The van der Waals surface area contributed by atoms with E-state index in [9.17, 15) is 0 Å². The number of anilines is 1. The Labute approximate surface area is 179 Å². The summed E-state index contributed by atoms with van der Waals surface area (Å²) in [5, 5.41) is 4.33. The molecule has 144 valence electrons. The molecule has 0 radical (unpaired) electrons. The fourth-order valence-electron chi connectivity index (χ4n) is 4.17. The van der Waals surface area contributed by atoms with Gasteiger partial charge >= 0.3 is 6.01 Å². The Balaban J connectivity index is 1.66. The van der Waals surface area contributed by atoms with Gasteiger partial charge in [-0.15, -0.1) is 0 Å². The third-order valence-electron chi connectivity index (χ3n) is 5.65. The lowest BCUT2D eigenvalue weighted by Gasteiger charge is -2.29. The van der Waals surface area contributed by atoms with E-state index in [-0.39, 0.29) is 11.8 Å². The molecule has 2 aliphatic heterocycles. The van der Waals surface area contributed by atoms with Crippen LogP contribution in [0, 0.1) is 5.82 Å². The van der Waals surface area contributed by atoms with E-state index in [0.717, 1.165) is 49.1 Å². The molecule has 1 aliphatic carbocycles. The van der Waals surface area contributed by atoms with E-state index in [0.29, 0.717) is 38.5 Å². The molecule has 1 N–H and O–H groups in total. The van der Waals surface area contributed by atoms with Crippen LogP contribution in [0.1, 0.15) is 37.7 Å². The molecule has 1 aromatic carbocycles. The average molecular weight is 547 g/mol. The average Bonchev–Trinajstić information content (AvgIpc) is 3.27. The number of alkyl halides is 1. The van der Waals surface area contributed by atoms with E-state index in [4.69, 9.17) is 9.72 Å². The number of fused-ring (bicyclic) bond motifs is 3. The van der Waals surface area contributed by atoms with Crippen LogP contribution in [-0.4, -0.2) is 45.7 Å². The monoisotopic (exact) mass is 546 g/mol. The summed E-state index contributed by atoms with van der Waals surface area (Å²) in [6.07, 6.45) is 3.35. The largest absolute Gasteiger partial charge is 0.462 e. The summed E-state index contributed by atoms with van der Waals surface area (Å²) in [6, 6.07) is 3.25. The second-order valence-corrected chi connectivity index (χ2v) is 10.8. The van der Waals surface area contributed by atoms with Crippen LogP contribution < -0.4 is 15.0 Å². The Kier molecular flexibility index (Phi) is 4.71. The first-order valence-corrected chi connectivity index (χ1v) is 11.5. The van der Waals surface area contributed by atoms with Crippen LogP contribution >= 0.6 is 38.5 Å². The van der Waals surface area contributed by atoms with Crippen LogP contribution in [0.15, 0.2) is 10.5 Å². The van der Waals surface area contributed by atoms with E-state index >= 15 is 4.39 Å². The minimum atomic E-state index is -0.298. The first-order chi connectivity index (χ1) is 13.0. The Morgan fingerprint density at radius 1 is 1.44 bits per heavy atom. The minimum absolute atomic E-state index is 0.265. The second-order valence-electron chi connectivity index (χ2n) is 7.83. The van der Waals surface area contributed by atoms with Crippen molar-refractivity contribution in [1.82, 2.24) is 15.3 Å². The van der Waals surface area contributed by atoms with Gasteiger partial charge < -0.3 is 15.0 Å². The molecule has 1 unspecified atom stereocenters. The summed E-state index contributed by atoms with van der Waals surface area (Å²) in [4.78, 5) is 11.5. The molecular formula is C19H21BrFIN4O. The zero-order chi connectivity index (χ0) is 18.7. The van der Waals surface area contributed by atoms with Crippen molar-refractivity contribution in [3.8, 4) is 6.01 Å². The van der Waals surface area contributed by atoms with Gasteiger partial charge in [-0.05, 0) is 52.7 Å².